The highest BCUT2D eigenvalue weighted by molar-refractivity contribution is 6.15. The van der Waals surface area contributed by atoms with Crippen LogP contribution in [-0.4, -0.2) is 18.4 Å². The van der Waals surface area contributed by atoms with Gasteiger partial charge in [-0.2, -0.15) is 0 Å². The number of aryl methyl sites for hydroxylation is 1. The maximum absolute atomic E-state index is 12.1. The summed E-state index contributed by atoms with van der Waals surface area (Å²) >= 11 is 0. The summed E-state index contributed by atoms with van der Waals surface area (Å²) < 4.78 is 0. The molecule has 1 aliphatic rings. The predicted molar refractivity (Wildman–Crippen MR) is 78.1 cm³/mol. The summed E-state index contributed by atoms with van der Waals surface area (Å²) in [6, 6.07) is 5.46. The minimum atomic E-state index is -0.130. The molecular formula is C16H18N2O2. The van der Waals surface area contributed by atoms with Crippen LogP contribution in [0.5, 0.6) is 0 Å². The molecule has 1 fully saturated rings. The average Bonchev–Trinajstić information content (AvgIpc) is 2.59. The molecule has 2 amide bonds. The number of nitrogens with two attached hydrogens (primary N) is 1. The fourth-order valence-corrected chi connectivity index (χ4v) is 2.23. The number of nitrogens with zero attached hydrogens (tertiary/aromatic N) is 1. The monoisotopic (exact) mass is 270 g/mol. The zero-order chi connectivity index (χ0) is 14.5. The Kier molecular flexibility index (Phi) is 4.54. The van der Waals surface area contributed by atoms with E-state index in [9.17, 15) is 9.59 Å². The highest BCUT2D eigenvalue weighted by atomic mass is 16.2. The van der Waals surface area contributed by atoms with Crippen LogP contribution < -0.4 is 10.6 Å². The molecule has 1 aromatic carbocycles. The number of anilines is 1. The molecule has 1 aliphatic heterocycles. The highest BCUT2D eigenvalue weighted by Crippen LogP contribution is 2.23. The molecular weight excluding hydrogens is 252 g/mol. The van der Waals surface area contributed by atoms with Gasteiger partial charge >= 0.3 is 0 Å². The maximum Gasteiger partial charge on any atom is 0.233 e. The van der Waals surface area contributed by atoms with Gasteiger partial charge in [0, 0.05) is 18.4 Å². The molecule has 4 heteroatoms. The zero-order valence-electron chi connectivity index (χ0n) is 11.6. The van der Waals surface area contributed by atoms with Crippen LogP contribution in [0.25, 0.3) is 0 Å². The van der Waals surface area contributed by atoms with E-state index in [1.807, 2.05) is 13.0 Å². The molecule has 0 spiro atoms. The number of rotatable bonds is 1. The van der Waals surface area contributed by atoms with Crippen molar-refractivity contribution in [3.05, 3.63) is 29.3 Å². The summed E-state index contributed by atoms with van der Waals surface area (Å²) in [7, 11) is 0. The molecule has 0 atom stereocenters. The smallest absolute Gasteiger partial charge is 0.233 e. The summed E-state index contributed by atoms with van der Waals surface area (Å²) in [6.07, 6.45) is 2.38. The van der Waals surface area contributed by atoms with Crippen LogP contribution in [0.2, 0.25) is 0 Å². The molecule has 20 heavy (non-hydrogen) atoms. The first-order valence-electron chi connectivity index (χ1n) is 6.79. The van der Waals surface area contributed by atoms with E-state index >= 15 is 0 Å². The van der Waals surface area contributed by atoms with Gasteiger partial charge in [0.15, 0.2) is 0 Å². The number of amides is 2. The van der Waals surface area contributed by atoms with Crippen molar-refractivity contribution in [3.8, 4) is 11.8 Å². The molecule has 4 nitrogen and oxygen atoms in total. The number of carbonyl (C=O) groups is 2. The highest BCUT2D eigenvalue weighted by Gasteiger charge is 2.25. The zero-order valence-corrected chi connectivity index (χ0v) is 11.6. The van der Waals surface area contributed by atoms with Gasteiger partial charge in [-0.15, -0.1) is 0 Å². The molecule has 0 radical (unpaired) electrons. The van der Waals surface area contributed by atoms with Gasteiger partial charge in [0.2, 0.25) is 11.8 Å². The number of hydrogen-bond acceptors (Lipinski definition) is 3. The number of carbonyl (C=O) groups excluding carboxylic acids is 2. The third-order valence-electron chi connectivity index (χ3n) is 3.33. The van der Waals surface area contributed by atoms with Crippen molar-refractivity contribution in [3.63, 3.8) is 0 Å². The summed E-state index contributed by atoms with van der Waals surface area (Å²) in [6.45, 7) is 2.22. The molecule has 1 heterocycles. The number of benzene rings is 1. The van der Waals surface area contributed by atoms with Crippen LogP contribution in [0, 0.1) is 18.8 Å². The van der Waals surface area contributed by atoms with E-state index in [1.54, 1.807) is 12.1 Å². The standard InChI is InChI=1S/C16H18N2O2/c1-12-8-9-14(11-13(12)5-4-10-17)18-15(19)6-2-3-7-16(18)20/h8-9,11H,2-3,6-7,10,17H2,1H3. The second kappa shape index (κ2) is 6.36. The topological polar surface area (TPSA) is 63.4 Å². The summed E-state index contributed by atoms with van der Waals surface area (Å²) in [5, 5.41) is 0. The van der Waals surface area contributed by atoms with E-state index < -0.39 is 0 Å². The van der Waals surface area contributed by atoms with Crippen molar-refractivity contribution in [1.82, 2.24) is 0 Å². The van der Waals surface area contributed by atoms with Gasteiger partial charge in [-0.1, -0.05) is 17.9 Å². The van der Waals surface area contributed by atoms with Crippen LogP contribution in [0.1, 0.15) is 36.8 Å². The molecule has 1 saturated heterocycles. The van der Waals surface area contributed by atoms with Gasteiger partial charge in [0.05, 0.1) is 12.2 Å². The SMILES string of the molecule is Cc1ccc(N2C(=O)CCCCC2=O)cc1C#CCN. The quantitative estimate of drug-likeness (QED) is 0.624. The normalized spacial score (nSPS) is 15.6. The lowest BCUT2D eigenvalue weighted by Gasteiger charge is -2.19. The lowest BCUT2D eigenvalue weighted by Crippen LogP contribution is -2.35. The Hall–Kier alpha value is -2.12. The summed E-state index contributed by atoms with van der Waals surface area (Å²) in [4.78, 5) is 25.5. The predicted octanol–water partition coefficient (Wildman–Crippen LogP) is 1.74. The van der Waals surface area contributed by atoms with Crippen LogP contribution >= 0.6 is 0 Å². The van der Waals surface area contributed by atoms with E-state index in [1.165, 1.54) is 4.90 Å². The van der Waals surface area contributed by atoms with E-state index in [-0.39, 0.29) is 18.4 Å². The first kappa shape index (κ1) is 14.3. The van der Waals surface area contributed by atoms with Gasteiger partial charge < -0.3 is 5.73 Å². The van der Waals surface area contributed by atoms with Crippen LogP contribution in [0.4, 0.5) is 5.69 Å². The second-order valence-electron chi connectivity index (χ2n) is 4.84. The van der Waals surface area contributed by atoms with E-state index in [2.05, 4.69) is 11.8 Å². The minimum absolute atomic E-state index is 0.130. The van der Waals surface area contributed by atoms with Gasteiger partial charge in [-0.05, 0) is 37.5 Å². The fraction of sp³-hybridized carbons (Fsp3) is 0.375. The van der Waals surface area contributed by atoms with Crippen molar-refractivity contribution in [2.45, 2.75) is 32.6 Å². The Balaban J connectivity index is 2.40. The number of hydrogen-bond donors (Lipinski definition) is 1. The number of imide groups is 1. The lowest BCUT2D eigenvalue weighted by molar-refractivity contribution is -0.125. The average molecular weight is 270 g/mol. The van der Waals surface area contributed by atoms with Crippen LogP contribution in [0.15, 0.2) is 18.2 Å². The van der Waals surface area contributed by atoms with Crippen molar-refractivity contribution < 1.29 is 9.59 Å². The Labute approximate surface area is 118 Å². The molecule has 0 bridgehead atoms. The van der Waals surface area contributed by atoms with Crippen LogP contribution in [-0.2, 0) is 9.59 Å². The molecule has 104 valence electrons. The fourth-order valence-electron chi connectivity index (χ4n) is 2.23. The Morgan fingerprint density at radius 2 is 1.85 bits per heavy atom. The van der Waals surface area contributed by atoms with E-state index in [0.717, 1.165) is 24.0 Å². The largest absolute Gasteiger partial charge is 0.320 e. The minimum Gasteiger partial charge on any atom is -0.320 e. The van der Waals surface area contributed by atoms with Crippen molar-refractivity contribution in [1.29, 1.82) is 0 Å². The molecule has 2 N–H and O–H groups in total. The molecule has 0 unspecified atom stereocenters. The van der Waals surface area contributed by atoms with E-state index in [0.29, 0.717) is 18.5 Å². The van der Waals surface area contributed by atoms with Crippen molar-refractivity contribution >= 4 is 17.5 Å². The Bertz CT molecular complexity index is 578. The summed E-state index contributed by atoms with van der Waals surface area (Å²) in [5.74, 6) is 5.51. The molecule has 0 aliphatic carbocycles. The van der Waals surface area contributed by atoms with E-state index in [4.69, 9.17) is 5.73 Å². The molecule has 0 aromatic heterocycles. The van der Waals surface area contributed by atoms with Crippen LogP contribution in [0.3, 0.4) is 0 Å². The van der Waals surface area contributed by atoms with Gasteiger partial charge in [0.25, 0.3) is 0 Å². The third-order valence-corrected chi connectivity index (χ3v) is 3.33. The Morgan fingerprint density at radius 3 is 2.45 bits per heavy atom. The first-order valence-corrected chi connectivity index (χ1v) is 6.79. The molecule has 0 saturated carbocycles. The molecule has 2 rings (SSSR count). The van der Waals surface area contributed by atoms with Gasteiger partial charge in [-0.3, -0.25) is 14.5 Å². The maximum atomic E-state index is 12.1. The third kappa shape index (κ3) is 3.06. The second-order valence-corrected chi connectivity index (χ2v) is 4.84. The Morgan fingerprint density at radius 1 is 1.20 bits per heavy atom. The van der Waals surface area contributed by atoms with Gasteiger partial charge in [-0.25, -0.2) is 0 Å². The van der Waals surface area contributed by atoms with Gasteiger partial charge in [0.1, 0.15) is 0 Å². The summed E-state index contributed by atoms with van der Waals surface area (Å²) in [5.41, 5.74) is 7.79. The lowest BCUT2D eigenvalue weighted by atomic mass is 10.1. The molecule has 1 aromatic rings. The van der Waals surface area contributed by atoms with Crippen molar-refractivity contribution in [2.75, 3.05) is 11.4 Å². The van der Waals surface area contributed by atoms with Crippen molar-refractivity contribution in [2.24, 2.45) is 5.73 Å². The first-order chi connectivity index (χ1) is 9.63.